The number of piperidine rings is 1. The molecule has 1 fully saturated rings. The van der Waals surface area contributed by atoms with Gasteiger partial charge in [-0.25, -0.2) is 0 Å². The van der Waals surface area contributed by atoms with Crippen LogP contribution in [0.15, 0.2) is 78.9 Å². The van der Waals surface area contributed by atoms with Gasteiger partial charge in [0.2, 0.25) is 0 Å². The molecule has 1 aliphatic rings. The first kappa shape index (κ1) is 30.8. The van der Waals surface area contributed by atoms with E-state index in [2.05, 4.69) is 41.4 Å². The van der Waals surface area contributed by atoms with E-state index in [-0.39, 0.29) is 29.4 Å². The van der Waals surface area contributed by atoms with Gasteiger partial charge in [0.25, 0.3) is 5.91 Å². The molecule has 6 heteroatoms. The van der Waals surface area contributed by atoms with E-state index in [1.807, 2.05) is 68.4 Å². The number of esters is 1. The van der Waals surface area contributed by atoms with Gasteiger partial charge in [0.1, 0.15) is 0 Å². The van der Waals surface area contributed by atoms with Gasteiger partial charge in [0.05, 0.1) is 12.5 Å². The first-order chi connectivity index (χ1) is 19.8. The van der Waals surface area contributed by atoms with E-state index in [0.717, 1.165) is 62.9 Å². The zero-order chi connectivity index (χ0) is 29.2. The summed E-state index contributed by atoms with van der Waals surface area (Å²) in [5, 5.41) is 3.93. The summed E-state index contributed by atoms with van der Waals surface area (Å²) in [7, 11) is 0. The monoisotopic (exact) mass is 574 g/mol. The Morgan fingerprint density at radius 2 is 1.71 bits per heavy atom. The molecule has 4 rings (SSSR count). The maximum atomic E-state index is 13.3. The van der Waals surface area contributed by atoms with Crippen LogP contribution in [0.4, 0.5) is 0 Å². The minimum atomic E-state index is -0.226. The zero-order valence-electron chi connectivity index (χ0n) is 24.6. The van der Waals surface area contributed by atoms with E-state index < -0.39 is 0 Å². The minimum absolute atomic E-state index is 0.0390. The largest absolute Gasteiger partial charge is 0.463 e. The Morgan fingerprint density at radius 3 is 2.39 bits per heavy atom. The molecule has 0 aliphatic carbocycles. The highest BCUT2D eigenvalue weighted by atomic mass is 35.5. The Labute approximate surface area is 250 Å². The first-order valence-electron chi connectivity index (χ1n) is 14.9. The quantitative estimate of drug-likeness (QED) is 0.225. The summed E-state index contributed by atoms with van der Waals surface area (Å²) < 4.78 is 5.55. The highest BCUT2D eigenvalue weighted by Crippen LogP contribution is 2.37. The number of hydrogen-bond donors (Lipinski definition) is 1. The van der Waals surface area contributed by atoms with Crippen molar-refractivity contribution in [2.45, 2.75) is 76.9 Å². The van der Waals surface area contributed by atoms with Gasteiger partial charge in [-0.15, -0.1) is 0 Å². The second kappa shape index (κ2) is 14.7. The van der Waals surface area contributed by atoms with Crippen molar-refractivity contribution in [3.05, 3.63) is 95.0 Å². The predicted octanol–water partition coefficient (Wildman–Crippen LogP) is 7.67. The second-order valence-electron chi connectivity index (χ2n) is 11.5. The number of halogens is 1. The Balaban J connectivity index is 1.31. The van der Waals surface area contributed by atoms with Crippen molar-refractivity contribution in [1.82, 2.24) is 10.2 Å². The van der Waals surface area contributed by atoms with Crippen molar-refractivity contribution in [3.8, 4) is 11.1 Å². The normalized spacial score (nSPS) is 15.8. The molecule has 0 bridgehead atoms. The van der Waals surface area contributed by atoms with E-state index in [1.54, 1.807) is 0 Å². The summed E-state index contributed by atoms with van der Waals surface area (Å²) in [6.07, 6.45) is 4.94. The first-order valence-corrected chi connectivity index (χ1v) is 15.3. The molecule has 1 unspecified atom stereocenters. The van der Waals surface area contributed by atoms with Crippen molar-refractivity contribution < 1.29 is 14.3 Å². The lowest BCUT2D eigenvalue weighted by atomic mass is 9.72. The summed E-state index contributed by atoms with van der Waals surface area (Å²) in [5.41, 5.74) is 3.48. The van der Waals surface area contributed by atoms with Crippen molar-refractivity contribution in [3.63, 3.8) is 0 Å². The van der Waals surface area contributed by atoms with Gasteiger partial charge >= 0.3 is 5.97 Å². The third-order valence-electron chi connectivity index (χ3n) is 8.27. The van der Waals surface area contributed by atoms with E-state index in [1.165, 1.54) is 5.56 Å². The topological polar surface area (TPSA) is 58.6 Å². The molecule has 41 heavy (non-hydrogen) atoms. The van der Waals surface area contributed by atoms with Crippen LogP contribution in [-0.2, 0) is 14.9 Å². The number of likely N-dealkylation sites (tertiary alicyclic amines) is 1. The van der Waals surface area contributed by atoms with Gasteiger partial charge < -0.3 is 15.0 Å². The fourth-order valence-electron chi connectivity index (χ4n) is 6.01. The molecular weight excluding hydrogens is 532 g/mol. The molecule has 0 radical (unpaired) electrons. The van der Waals surface area contributed by atoms with Gasteiger partial charge in [-0.1, -0.05) is 79.2 Å². The van der Waals surface area contributed by atoms with Gasteiger partial charge in [-0.3, -0.25) is 9.59 Å². The molecule has 5 nitrogen and oxygen atoms in total. The van der Waals surface area contributed by atoms with Crippen LogP contribution < -0.4 is 5.32 Å². The summed E-state index contributed by atoms with van der Waals surface area (Å²) >= 11 is 6.21. The molecule has 1 amide bonds. The SMILES string of the molecule is CCC(CCCN1CCC(NC(=O)c2ccccc2-c2cccc(Cl)c2)CC1)(CC(=O)OC(C)C)c1ccccc1. The van der Waals surface area contributed by atoms with Crippen molar-refractivity contribution in [1.29, 1.82) is 0 Å². The van der Waals surface area contributed by atoms with Crippen LogP contribution >= 0.6 is 11.6 Å². The Morgan fingerprint density at radius 1 is 1.00 bits per heavy atom. The van der Waals surface area contributed by atoms with E-state index in [4.69, 9.17) is 16.3 Å². The number of hydrogen-bond acceptors (Lipinski definition) is 4. The number of nitrogens with one attached hydrogen (secondary N) is 1. The van der Waals surface area contributed by atoms with Gasteiger partial charge in [0, 0.05) is 35.1 Å². The van der Waals surface area contributed by atoms with E-state index in [9.17, 15) is 9.59 Å². The zero-order valence-corrected chi connectivity index (χ0v) is 25.3. The maximum absolute atomic E-state index is 13.3. The molecule has 3 aromatic carbocycles. The number of benzene rings is 3. The fourth-order valence-corrected chi connectivity index (χ4v) is 6.20. The number of carbonyl (C=O) groups is 2. The molecule has 3 aromatic rings. The predicted molar refractivity (Wildman–Crippen MR) is 167 cm³/mol. The molecule has 0 spiro atoms. The number of ether oxygens (including phenoxy) is 1. The van der Waals surface area contributed by atoms with Crippen LogP contribution in [-0.4, -0.2) is 48.6 Å². The van der Waals surface area contributed by atoms with Gasteiger partial charge in [-0.05, 0) is 87.4 Å². The summed E-state index contributed by atoms with van der Waals surface area (Å²) in [4.78, 5) is 28.5. The van der Waals surface area contributed by atoms with E-state index in [0.29, 0.717) is 17.0 Å². The minimum Gasteiger partial charge on any atom is -0.463 e. The Hall–Kier alpha value is -3.15. The molecule has 1 heterocycles. The van der Waals surface area contributed by atoms with Gasteiger partial charge in [0.15, 0.2) is 0 Å². The van der Waals surface area contributed by atoms with Crippen LogP contribution in [0.2, 0.25) is 5.02 Å². The lowest BCUT2D eigenvalue weighted by Gasteiger charge is -2.36. The average molecular weight is 575 g/mol. The Bertz CT molecular complexity index is 1290. The van der Waals surface area contributed by atoms with E-state index >= 15 is 0 Å². The fraction of sp³-hybridized carbons (Fsp3) is 0.429. The molecule has 1 saturated heterocycles. The number of rotatable bonds is 12. The summed E-state index contributed by atoms with van der Waals surface area (Å²) in [6, 6.07) is 25.9. The molecule has 1 aliphatic heterocycles. The summed E-state index contributed by atoms with van der Waals surface area (Å²) in [6.45, 7) is 8.85. The van der Waals surface area contributed by atoms with Crippen molar-refractivity contribution in [2.24, 2.45) is 0 Å². The van der Waals surface area contributed by atoms with Crippen LogP contribution in [0.5, 0.6) is 0 Å². The third-order valence-corrected chi connectivity index (χ3v) is 8.51. The molecule has 1 N–H and O–H groups in total. The standard InChI is InChI=1S/C35H43ClN2O3/c1-4-35(25-33(39)41-26(2)3,28-13-6-5-7-14-28)20-11-21-38-22-18-30(19-23-38)37-34(40)32-17-9-8-16-31(32)27-12-10-15-29(36)24-27/h5-10,12-17,24,26,30H,4,11,18-23,25H2,1-3H3,(H,37,40). The average Bonchev–Trinajstić information content (AvgIpc) is 2.97. The van der Waals surface area contributed by atoms with Crippen LogP contribution in [0.3, 0.4) is 0 Å². The molecule has 218 valence electrons. The lowest BCUT2D eigenvalue weighted by Crippen LogP contribution is -2.45. The third kappa shape index (κ3) is 8.43. The van der Waals surface area contributed by atoms with Crippen LogP contribution in [0.25, 0.3) is 11.1 Å². The van der Waals surface area contributed by atoms with Crippen LogP contribution in [0.1, 0.15) is 75.2 Å². The van der Waals surface area contributed by atoms with Gasteiger partial charge in [-0.2, -0.15) is 0 Å². The highest BCUT2D eigenvalue weighted by Gasteiger charge is 2.34. The second-order valence-corrected chi connectivity index (χ2v) is 11.9. The van der Waals surface area contributed by atoms with Crippen molar-refractivity contribution in [2.75, 3.05) is 19.6 Å². The molecule has 0 aromatic heterocycles. The number of amides is 1. The number of carbonyl (C=O) groups excluding carboxylic acids is 2. The van der Waals surface area contributed by atoms with Crippen LogP contribution in [0, 0.1) is 0 Å². The molecule has 1 atom stereocenters. The molecule has 0 saturated carbocycles. The number of nitrogens with zero attached hydrogens (tertiary/aromatic N) is 1. The Kier molecular flexibility index (Phi) is 11.0. The smallest absolute Gasteiger partial charge is 0.306 e. The highest BCUT2D eigenvalue weighted by molar-refractivity contribution is 6.30. The molecular formula is C35H43ClN2O3. The van der Waals surface area contributed by atoms with Crippen molar-refractivity contribution >= 4 is 23.5 Å². The maximum Gasteiger partial charge on any atom is 0.306 e. The summed E-state index contributed by atoms with van der Waals surface area (Å²) in [5.74, 6) is -0.165. The lowest BCUT2D eigenvalue weighted by molar-refractivity contribution is -0.149.